The molecule has 0 atom stereocenters. The molecular weight excluding hydrogens is 224 g/mol. The van der Waals surface area contributed by atoms with Crippen molar-refractivity contribution in [3.8, 4) is 0 Å². The Morgan fingerprint density at radius 3 is 2.36 bits per heavy atom. The largest absolute Gasteiger partial charge is 0.739 e. The summed E-state index contributed by atoms with van der Waals surface area (Å²) in [6.45, 7) is 0. The Hall–Kier alpha value is -0.850. The van der Waals surface area contributed by atoms with Crippen molar-refractivity contribution in [2.45, 2.75) is 0 Å². The van der Waals surface area contributed by atoms with Gasteiger partial charge in [0.2, 0.25) is 0 Å². The Morgan fingerprint density at radius 2 is 1.86 bits per heavy atom. The summed E-state index contributed by atoms with van der Waals surface area (Å²) in [5.74, 6) is -0.703. The lowest BCUT2D eigenvalue weighted by molar-refractivity contribution is 0.102. The van der Waals surface area contributed by atoms with Gasteiger partial charge in [-0.3, -0.25) is 4.79 Å². The van der Waals surface area contributed by atoms with Gasteiger partial charge in [0.05, 0.1) is 5.75 Å². The molecule has 0 unspecified atom stereocenters. The molecule has 1 aromatic carbocycles. The van der Waals surface area contributed by atoms with Gasteiger partial charge in [0.25, 0.3) is 0 Å². The van der Waals surface area contributed by atoms with Crippen LogP contribution in [0.25, 0.3) is 0 Å². The summed E-state index contributed by atoms with van der Waals surface area (Å²) in [6.07, 6.45) is 0. The smallest absolute Gasteiger partial charge is 0.173 e. The molecule has 0 N–H and O–H groups in total. The first-order valence-electron chi connectivity index (χ1n) is 3.67. The average Bonchev–Trinajstić information content (AvgIpc) is 2.14. The molecule has 1 aromatic rings. The Bertz CT molecular complexity index is 410. The molecule has 0 spiro atoms. The van der Waals surface area contributed by atoms with Crippen LogP contribution in [0.2, 0.25) is 0 Å². The van der Waals surface area contributed by atoms with Crippen molar-refractivity contribution in [3.63, 3.8) is 0 Å². The van der Waals surface area contributed by atoms with Gasteiger partial charge < -0.3 is 4.55 Å². The number of hydrogen-bond acceptors (Lipinski definition) is 5. The maximum absolute atomic E-state index is 11.3. The quantitative estimate of drug-likeness (QED) is 0.440. The summed E-state index contributed by atoms with van der Waals surface area (Å²) in [6, 6.07) is 8.22. The highest BCUT2D eigenvalue weighted by Crippen LogP contribution is 2.12. The van der Waals surface area contributed by atoms with Crippen LogP contribution in [0.15, 0.2) is 30.3 Å². The van der Waals surface area contributed by atoms with Crippen LogP contribution in [0.3, 0.4) is 0 Å². The highest BCUT2D eigenvalue weighted by atomic mass is 33.1. The van der Waals surface area contributed by atoms with E-state index in [0.29, 0.717) is 5.56 Å². The lowest BCUT2D eigenvalue weighted by atomic mass is 10.2. The summed E-state index contributed by atoms with van der Waals surface area (Å²) in [7, 11) is -4.28. The Balaban J connectivity index is 2.61. The van der Waals surface area contributed by atoms with Gasteiger partial charge in [-0.1, -0.05) is 30.3 Å². The van der Waals surface area contributed by atoms with Gasteiger partial charge in [0, 0.05) is 5.56 Å². The number of Topliss-reactive ketones (excluding diaryl/α,β-unsaturated/α-hetero) is 1. The van der Waals surface area contributed by atoms with Crippen LogP contribution in [0.5, 0.6) is 0 Å². The Labute approximate surface area is 85.5 Å². The van der Waals surface area contributed by atoms with E-state index in [1.807, 2.05) is 0 Å². The highest BCUT2D eigenvalue weighted by molar-refractivity contribution is 8.70. The van der Waals surface area contributed by atoms with Gasteiger partial charge in [-0.15, -0.1) is 0 Å². The molecule has 0 heterocycles. The number of carbonyl (C=O) groups is 1. The van der Waals surface area contributed by atoms with E-state index >= 15 is 0 Å². The van der Waals surface area contributed by atoms with Crippen molar-refractivity contribution >= 4 is 25.7 Å². The lowest BCUT2D eigenvalue weighted by Crippen LogP contribution is -2.04. The summed E-state index contributed by atoms with van der Waals surface area (Å²) < 4.78 is 30.7. The minimum absolute atomic E-state index is 0.104. The van der Waals surface area contributed by atoms with Gasteiger partial charge >= 0.3 is 0 Å². The third kappa shape index (κ3) is 3.91. The fraction of sp³-hybridized carbons (Fsp3) is 0.125. The number of hydrogen-bond donors (Lipinski definition) is 0. The van der Waals surface area contributed by atoms with Gasteiger partial charge in [0.1, 0.15) is 9.15 Å². The zero-order chi connectivity index (χ0) is 10.6. The molecule has 76 valence electrons. The van der Waals surface area contributed by atoms with Crippen molar-refractivity contribution in [1.29, 1.82) is 0 Å². The van der Waals surface area contributed by atoms with E-state index in [2.05, 4.69) is 0 Å². The van der Waals surface area contributed by atoms with E-state index in [9.17, 15) is 17.8 Å². The first kappa shape index (κ1) is 11.2. The second-order valence-corrected chi connectivity index (χ2v) is 5.73. The van der Waals surface area contributed by atoms with Crippen LogP contribution in [-0.2, 0) is 9.15 Å². The van der Waals surface area contributed by atoms with E-state index in [0.717, 1.165) is 0 Å². The molecule has 1 rings (SSSR count). The number of carbonyl (C=O) groups excluding carboxylic acids is 1. The summed E-state index contributed by atoms with van der Waals surface area (Å²) in [5, 5.41) is 0. The summed E-state index contributed by atoms with van der Waals surface area (Å²) >= 11 is 0. The van der Waals surface area contributed by atoms with Crippen molar-refractivity contribution < 1.29 is 17.8 Å². The second kappa shape index (κ2) is 4.59. The maximum Gasteiger partial charge on any atom is 0.173 e. The van der Waals surface area contributed by atoms with Crippen molar-refractivity contribution in [2.24, 2.45) is 0 Å². The van der Waals surface area contributed by atoms with Crippen LogP contribution < -0.4 is 0 Å². The molecule has 0 aliphatic carbocycles. The summed E-state index contributed by atoms with van der Waals surface area (Å²) in [4.78, 5) is 11.3. The fourth-order valence-corrected chi connectivity index (χ4v) is 2.01. The number of rotatable bonds is 4. The predicted octanol–water partition coefficient (Wildman–Crippen LogP) is 1.06. The lowest BCUT2D eigenvalue weighted by Gasteiger charge is -2.04. The summed E-state index contributed by atoms with van der Waals surface area (Å²) in [5.41, 5.74) is 0.406. The third-order valence-electron chi connectivity index (χ3n) is 1.43. The monoisotopic (exact) mass is 231 g/mol. The second-order valence-electron chi connectivity index (χ2n) is 2.46. The minimum Gasteiger partial charge on any atom is -0.739 e. The van der Waals surface area contributed by atoms with Crippen molar-refractivity contribution in [1.82, 2.24) is 0 Å². The van der Waals surface area contributed by atoms with Gasteiger partial charge in [-0.05, 0) is 10.8 Å². The highest BCUT2D eigenvalue weighted by Gasteiger charge is 2.07. The molecule has 0 amide bonds. The zero-order valence-corrected chi connectivity index (χ0v) is 8.68. The molecule has 0 bridgehead atoms. The van der Waals surface area contributed by atoms with Crippen LogP contribution in [0, 0.1) is 0 Å². The molecule has 0 aliphatic rings. The Morgan fingerprint density at radius 1 is 1.29 bits per heavy atom. The third-order valence-corrected chi connectivity index (χ3v) is 3.32. The normalized spacial score (nSPS) is 11.2. The van der Waals surface area contributed by atoms with E-state index in [1.165, 1.54) is 0 Å². The van der Waals surface area contributed by atoms with Crippen LogP contribution in [0.4, 0.5) is 0 Å². The molecular formula is C8H7O4S2-. The first-order chi connectivity index (χ1) is 6.49. The maximum atomic E-state index is 11.3. The predicted molar refractivity (Wildman–Crippen MR) is 52.9 cm³/mol. The zero-order valence-electron chi connectivity index (χ0n) is 7.04. The van der Waals surface area contributed by atoms with Gasteiger partial charge in [-0.25, -0.2) is 8.42 Å². The molecule has 0 aliphatic heterocycles. The van der Waals surface area contributed by atoms with Gasteiger partial charge in [-0.2, -0.15) is 0 Å². The molecule has 0 aromatic heterocycles. The molecule has 0 fully saturated rings. The minimum atomic E-state index is -4.38. The SMILES string of the molecule is O=C(CSS(=O)(=O)[O-])c1ccccc1. The molecule has 6 heteroatoms. The van der Waals surface area contributed by atoms with Crippen molar-refractivity contribution in [2.75, 3.05) is 5.75 Å². The Kier molecular flexibility index (Phi) is 3.68. The van der Waals surface area contributed by atoms with Gasteiger partial charge in [0.15, 0.2) is 5.78 Å². The molecule has 0 radical (unpaired) electrons. The molecule has 14 heavy (non-hydrogen) atoms. The topological polar surface area (TPSA) is 74.3 Å². The van der Waals surface area contributed by atoms with Crippen LogP contribution >= 0.6 is 10.8 Å². The number of benzene rings is 1. The number of ketones is 1. The van der Waals surface area contributed by atoms with Crippen molar-refractivity contribution in [3.05, 3.63) is 35.9 Å². The molecule has 0 saturated carbocycles. The molecule has 4 nitrogen and oxygen atoms in total. The van der Waals surface area contributed by atoms with Crippen LogP contribution in [-0.4, -0.2) is 24.5 Å². The van der Waals surface area contributed by atoms with E-state index in [4.69, 9.17) is 0 Å². The van der Waals surface area contributed by atoms with Crippen LogP contribution in [0.1, 0.15) is 10.4 Å². The molecule has 0 saturated heterocycles. The standard InChI is InChI=1S/C8H8O4S2/c9-8(6-13-14(10,11)12)7-4-2-1-3-5-7/h1-5H,6H2,(H,10,11,12)/p-1. The van der Waals surface area contributed by atoms with E-state index < -0.39 is 9.15 Å². The average molecular weight is 231 g/mol. The fourth-order valence-electron chi connectivity index (χ4n) is 0.833. The first-order valence-corrected chi connectivity index (χ1v) is 6.58. The van der Waals surface area contributed by atoms with E-state index in [-0.39, 0.29) is 22.3 Å². The van der Waals surface area contributed by atoms with E-state index in [1.54, 1.807) is 30.3 Å².